The highest BCUT2D eigenvalue weighted by Gasteiger charge is 2.32. The summed E-state index contributed by atoms with van der Waals surface area (Å²) in [6, 6.07) is 14.1. The van der Waals surface area contributed by atoms with Gasteiger partial charge in [-0.25, -0.2) is 4.98 Å². The van der Waals surface area contributed by atoms with E-state index < -0.39 is 11.7 Å². The number of anilines is 2. The van der Waals surface area contributed by atoms with Gasteiger partial charge in [-0.2, -0.15) is 18.4 Å². The summed E-state index contributed by atoms with van der Waals surface area (Å²) < 4.78 is 45.1. The Morgan fingerprint density at radius 3 is 2.62 bits per heavy atom. The maximum atomic E-state index is 13.0. The second-order valence-corrected chi connectivity index (χ2v) is 10.9. The fourth-order valence-corrected chi connectivity index (χ4v) is 6.19. The van der Waals surface area contributed by atoms with Gasteiger partial charge in [-0.15, -0.1) is 10.2 Å². The zero-order valence-corrected chi connectivity index (χ0v) is 22.1. The number of nitrogens with one attached hydrogen (secondary N) is 2. The van der Waals surface area contributed by atoms with Gasteiger partial charge >= 0.3 is 6.18 Å². The zero-order chi connectivity index (χ0) is 27.5. The molecule has 40 heavy (non-hydrogen) atoms. The maximum Gasteiger partial charge on any atom is 0.416 e. The number of alkyl halides is 3. The fraction of sp³-hybridized carbons (Fsp3) is 0.448. The highest BCUT2D eigenvalue weighted by atomic mass is 19.4. The molecule has 0 unspecified atom stereocenters. The van der Waals surface area contributed by atoms with Gasteiger partial charge in [0.15, 0.2) is 5.76 Å². The molecule has 2 aliphatic rings. The summed E-state index contributed by atoms with van der Waals surface area (Å²) in [7, 11) is 0. The predicted octanol–water partition coefficient (Wildman–Crippen LogP) is 6.82. The molecule has 2 fully saturated rings. The minimum atomic E-state index is -4.31. The van der Waals surface area contributed by atoms with Crippen LogP contribution in [0.2, 0.25) is 0 Å². The molecule has 1 aliphatic carbocycles. The Labute approximate surface area is 230 Å². The van der Waals surface area contributed by atoms with Crippen molar-refractivity contribution in [2.45, 2.75) is 57.2 Å². The Kier molecular flexibility index (Phi) is 7.44. The van der Waals surface area contributed by atoms with Crippen molar-refractivity contribution >= 4 is 11.7 Å². The van der Waals surface area contributed by atoms with Crippen molar-refractivity contribution in [1.29, 1.82) is 0 Å². The molecule has 3 atom stereocenters. The quantitative estimate of drug-likeness (QED) is 0.260. The van der Waals surface area contributed by atoms with E-state index in [1.54, 1.807) is 18.3 Å². The first-order chi connectivity index (χ1) is 19.4. The standard InChI is InChI=1S/C29H32F3N7O/c30-29(31,32)23-10-12-24(13-11-23)39-14-4-5-19(18-39)15-20-6-1-2-9-25(20)34-28-33-17-26(40-28)21-7-3-8-22(16-21)27-35-37-38-36-27/h3,7-8,10-13,16-17,19-20,25H,1-2,4-6,9,14-15,18H2,(H,33,34)(H,35,36,37,38)/t19-,20+,25-/m1/s1. The minimum absolute atomic E-state index is 0.271. The molecule has 0 bridgehead atoms. The summed E-state index contributed by atoms with van der Waals surface area (Å²) in [6.45, 7) is 1.75. The van der Waals surface area contributed by atoms with E-state index in [0.717, 1.165) is 68.4 Å². The lowest BCUT2D eigenvalue weighted by molar-refractivity contribution is -0.137. The number of rotatable bonds is 7. The molecular weight excluding hydrogens is 519 g/mol. The highest BCUT2D eigenvalue weighted by Crippen LogP contribution is 2.37. The van der Waals surface area contributed by atoms with E-state index >= 15 is 0 Å². The Morgan fingerprint density at radius 2 is 1.82 bits per heavy atom. The summed E-state index contributed by atoms with van der Waals surface area (Å²) in [5, 5.41) is 17.8. The van der Waals surface area contributed by atoms with Crippen molar-refractivity contribution in [2.75, 3.05) is 23.3 Å². The summed E-state index contributed by atoms with van der Waals surface area (Å²) in [5.41, 5.74) is 1.98. The number of oxazole rings is 1. The molecule has 3 heterocycles. The second-order valence-electron chi connectivity index (χ2n) is 10.9. The van der Waals surface area contributed by atoms with Gasteiger partial charge in [0.25, 0.3) is 6.01 Å². The van der Waals surface area contributed by atoms with E-state index in [1.165, 1.54) is 18.6 Å². The van der Waals surface area contributed by atoms with Gasteiger partial charge in [0, 0.05) is 35.9 Å². The molecular formula is C29H32F3N7O. The third-order valence-electron chi connectivity index (χ3n) is 8.19. The molecule has 2 aromatic carbocycles. The number of tetrazole rings is 1. The number of hydrogen-bond donors (Lipinski definition) is 2. The summed E-state index contributed by atoms with van der Waals surface area (Å²) >= 11 is 0. The van der Waals surface area contributed by atoms with Crippen molar-refractivity contribution in [3.63, 3.8) is 0 Å². The number of aromatic amines is 1. The average Bonchev–Trinajstić information content (AvgIpc) is 3.67. The first-order valence-electron chi connectivity index (χ1n) is 13.9. The lowest BCUT2D eigenvalue weighted by atomic mass is 9.77. The van der Waals surface area contributed by atoms with Crippen LogP contribution >= 0.6 is 0 Å². The van der Waals surface area contributed by atoms with Gasteiger partial charge < -0.3 is 14.6 Å². The number of aromatic nitrogens is 5. The Balaban J connectivity index is 1.09. The normalized spacial score (nSPS) is 21.9. The molecule has 4 aromatic rings. The van der Waals surface area contributed by atoms with Crippen LogP contribution in [0.25, 0.3) is 22.7 Å². The van der Waals surface area contributed by atoms with Crippen molar-refractivity contribution in [3.05, 3.63) is 60.3 Å². The summed E-state index contributed by atoms with van der Waals surface area (Å²) in [4.78, 5) is 6.76. The van der Waals surface area contributed by atoms with Crippen molar-refractivity contribution in [1.82, 2.24) is 25.6 Å². The highest BCUT2D eigenvalue weighted by molar-refractivity contribution is 5.66. The molecule has 2 N–H and O–H groups in total. The second kappa shape index (κ2) is 11.3. The molecule has 2 aromatic heterocycles. The lowest BCUT2D eigenvalue weighted by Gasteiger charge is -2.39. The first-order valence-corrected chi connectivity index (χ1v) is 13.9. The molecule has 0 spiro atoms. The van der Waals surface area contributed by atoms with Crippen LogP contribution in [0.15, 0.2) is 59.1 Å². The van der Waals surface area contributed by atoms with Gasteiger partial charge in [0.1, 0.15) is 0 Å². The number of benzene rings is 2. The van der Waals surface area contributed by atoms with E-state index in [2.05, 4.69) is 35.8 Å². The third-order valence-corrected chi connectivity index (χ3v) is 8.19. The monoisotopic (exact) mass is 551 g/mol. The number of hydrogen-bond acceptors (Lipinski definition) is 7. The van der Waals surface area contributed by atoms with Crippen LogP contribution in [-0.4, -0.2) is 44.7 Å². The van der Waals surface area contributed by atoms with Gasteiger partial charge in [-0.3, -0.25) is 0 Å². The van der Waals surface area contributed by atoms with Gasteiger partial charge in [0.05, 0.1) is 11.8 Å². The van der Waals surface area contributed by atoms with E-state index in [0.29, 0.717) is 29.4 Å². The smallest absolute Gasteiger partial charge is 0.416 e. The molecule has 8 nitrogen and oxygen atoms in total. The largest absolute Gasteiger partial charge is 0.424 e. The van der Waals surface area contributed by atoms with E-state index in [1.807, 2.05) is 24.3 Å². The molecule has 210 valence electrons. The van der Waals surface area contributed by atoms with Crippen LogP contribution < -0.4 is 10.2 Å². The molecule has 6 rings (SSSR count). The molecule has 1 saturated carbocycles. The Bertz CT molecular complexity index is 1390. The summed E-state index contributed by atoms with van der Waals surface area (Å²) in [6.07, 6.45) is 5.26. The van der Waals surface area contributed by atoms with Gasteiger partial charge in [-0.1, -0.05) is 31.0 Å². The van der Waals surface area contributed by atoms with Crippen LogP contribution in [0.1, 0.15) is 50.5 Å². The third kappa shape index (κ3) is 5.97. The molecule has 0 radical (unpaired) electrons. The van der Waals surface area contributed by atoms with Crippen molar-refractivity contribution in [2.24, 2.45) is 11.8 Å². The van der Waals surface area contributed by atoms with Gasteiger partial charge in [0.2, 0.25) is 5.82 Å². The molecule has 0 amide bonds. The maximum absolute atomic E-state index is 13.0. The zero-order valence-electron chi connectivity index (χ0n) is 22.1. The van der Waals surface area contributed by atoms with E-state index in [-0.39, 0.29) is 6.04 Å². The summed E-state index contributed by atoms with van der Waals surface area (Å²) in [5.74, 6) is 2.17. The van der Waals surface area contributed by atoms with Crippen molar-refractivity contribution < 1.29 is 17.6 Å². The first kappa shape index (κ1) is 26.3. The van der Waals surface area contributed by atoms with Crippen LogP contribution in [0.4, 0.5) is 24.9 Å². The van der Waals surface area contributed by atoms with E-state index in [4.69, 9.17) is 4.42 Å². The molecule has 1 saturated heterocycles. The Hall–Kier alpha value is -3.89. The average molecular weight is 552 g/mol. The van der Waals surface area contributed by atoms with Crippen LogP contribution in [0, 0.1) is 11.8 Å². The number of nitrogens with zero attached hydrogens (tertiary/aromatic N) is 5. The predicted molar refractivity (Wildman–Crippen MR) is 145 cm³/mol. The fourth-order valence-electron chi connectivity index (χ4n) is 6.19. The Morgan fingerprint density at radius 1 is 1.00 bits per heavy atom. The van der Waals surface area contributed by atoms with Crippen molar-refractivity contribution in [3.8, 4) is 22.7 Å². The van der Waals surface area contributed by atoms with Crippen LogP contribution in [0.3, 0.4) is 0 Å². The van der Waals surface area contributed by atoms with Gasteiger partial charge in [-0.05, 0) is 79.5 Å². The lowest BCUT2D eigenvalue weighted by Crippen LogP contribution is -2.39. The van der Waals surface area contributed by atoms with Crippen LogP contribution in [0.5, 0.6) is 0 Å². The van der Waals surface area contributed by atoms with Crippen LogP contribution in [-0.2, 0) is 6.18 Å². The minimum Gasteiger partial charge on any atom is -0.424 e. The number of piperidine rings is 1. The number of H-pyrrole nitrogens is 1. The number of halogens is 3. The topological polar surface area (TPSA) is 95.8 Å². The SMILES string of the molecule is FC(F)(F)c1ccc(N2CCC[C@H](C[C@@H]3CCCC[C@H]3Nc3ncc(-c4cccc(-c5nn[nH]n5)c4)o3)C2)cc1. The molecule has 1 aliphatic heterocycles. The molecule has 11 heteroatoms. The van der Waals surface area contributed by atoms with E-state index in [9.17, 15) is 13.2 Å².